The number of ether oxygens (including phenoxy) is 1. The fraction of sp³-hybridized carbons (Fsp3) is 0.382. The minimum Gasteiger partial charge on any atom is -0.378 e. The molecule has 2 aromatic carbocycles. The maximum Gasteiger partial charge on any atom is 0.265 e. The molecule has 0 bridgehead atoms. The number of aryl methyl sites for hydroxylation is 2. The number of hydrogen-bond donors (Lipinski definition) is 1. The summed E-state index contributed by atoms with van der Waals surface area (Å²) in [5.74, 6) is -0.0500. The summed E-state index contributed by atoms with van der Waals surface area (Å²) in [6.07, 6.45) is 3.87. The predicted octanol–water partition coefficient (Wildman–Crippen LogP) is 6.17. The molecule has 2 fully saturated rings. The number of pyridine rings is 1. The van der Waals surface area contributed by atoms with E-state index in [2.05, 4.69) is 37.4 Å². The van der Waals surface area contributed by atoms with Crippen molar-refractivity contribution in [1.82, 2.24) is 19.8 Å². The molecule has 0 aliphatic carbocycles. The normalized spacial score (nSPS) is 17.0. The summed E-state index contributed by atoms with van der Waals surface area (Å²) >= 11 is 7.54. The summed E-state index contributed by atoms with van der Waals surface area (Å²) in [7, 11) is 0. The van der Waals surface area contributed by atoms with Gasteiger partial charge in [0.1, 0.15) is 5.01 Å². The van der Waals surface area contributed by atoms with Crippen molar-refractivity contribution >= 4 is 28.8 Å². The number of benzene rings is 2. The molecule has 7 nitrogen and oxygen atoms in total. The van der Waals surface area contributed by atoms with E-state index in [0.717, 1.165) is 72.5 Å². The van der Waals surface area contributed by atoms with Gasteiger partial charge in [-0.05, 0) is 55.0 Å². The maximum absolute atomic E-state index is 14.8. The van der Waals surface area contributed by atoms with Crippen molar-refractivity contribution in [3.63, 3.8) is 0 Å². The molecule has 2 aliphatic rings. The number of carbonyl (C=O) groups excluding carboxylic acids is 1. The van der Waals surface area contributed by atoms with Crippen LogP contribution in [0.25, 0.3) is 27.5 Å². The fourth-order valence-corrected chi connectivity index (χ4v) is 7.10. The van der Waals surface area contributed by atoms with Gasteiger partial charge < -0.3 is 15.0 Å². The zero-order chi connectivity index (χ0) is 29.9. The van der Waals surface area contributed by atoms with Crippen molar-refractivity contribution in [2.45, 2.75) is 52.1 Å². The SMILES string of the molecule is CCc1cccc(CC)c1-n1c(CC2CCCO2)c(C(=O)N2CCNCC2)cc(-c2nc(-c3ccc(Cl)cc3)cs2)c1=O. The Bertz CT molecular complexity index is 1650. The first-order valence-electron chi connectivity index (χ1n) is 15.2. The summed E-state index contributed by atoms with van der Waals surface area (Å²) < 4.78 is 7.93. The van der Waals surface area contributed by atoms with Crippen LogP contribution in [0.2, 0.25) is 5.02 Å². The second-order valence-corrected chi connectivity index (χ2v) is 12.4. The van der Waals surface area contributed by atoms with E-state index >= 15 is 0 Å². The number of piperazine rings is 1. The lowest BCUT2D eigenvalue weighted by atomic mass is 9.98. The lowest BCUT2D eigenvalue weighted by Crippen LogP contribution is -2.47. The van der Waals surface area contributed by atoms with E-state index in [1.807, 2.05) is 39.1 Å². The van der Waals surface area contributed by atoms with Crippen molar-refractivity contribution in [2.24, 2.45) is 0 Å². The maximum atomic E-state index is 14.8. The highest BCUT2D eigenvalue weighted by molar-refractivity contribution is 7.13. The van der Waals surface area contributed by atoms with Gasteiger partial charge >= 0.3 is 0 Å². The summed E-state index contributed by atoms with van der Waals surface area (Å²) in [4.78, 5) is 35.9. The summed E-state index contributed by atoms with van der Waals surface area (Å²) in [5.41, 5.74) is 6.30. The Balaban J connectivity index is 1.61. The number of carbonyl (C=O) groups is 1. The number of nitrogens with zero attached hydrogens (tertiary/aromatic N) is 3. The Morgan fingerprint density at radius 1 is 1.09 bits per heavy atom. The second kappa shape index (κ2) is 13.1. The topological polar surface area (TPSA) is 76.5 Å². The van der Waals surface area contributed by atoms with Crippen LogP contribution in [-0.4, -0.2) is 59.2 Å². The molecule has 6 rings (SSSR count). The molecule has 9 heteroatoms. The zero-order valence-corrected chi connectivity index (χ0v) is 26.3. The summed E-state index contributed by atoms with van der Waals surface area (Å²) in [6, 6.07) is 15.6. The largest absolute Gasteiger partial charge is 0.378 e. The molecule has 2 aliphatic heterocycles. The van der Waals surface area contributed by atoms with Crippen LogP contribution >= 0.6 is 22.9 Å². The number of halogens is 1. The molecule has 43 heavy (non-hydrogen) atoms. The Morgan fingerprint density at radius 2 is 1.81 bits per heavy atom. The van der Waals surface area contributed by atoms with E-state index in [4.69, 9.17) is 21.3 Å². The number of nitrogens with one attached hydrogen (secondary N) is 1. The van der Waals surface area contributed by atoms with Crippen LogP contribution in [0.15, 0.2) is 58.7 Å². The number of rotatable bonds is 8. The van der Waals surface area contributed by atoms with Crippen LogP contribution in [0.1, 0.15) is 53.9 Å². The van der Waals surface area contributed by atoms with Crippen LogP contribution in [0.5, 0.6) is 0 Å². The van der Waals surface area contributed by atoms with Crippen LogP contribution in [0, 0.1) is 0 Å². The van der Waals surface area contributed by atoms with Crippen molar-refractivity contribution in [2.75, 3.05) is 32.8 Å². The van der Waals surface area contributed by atoms with Crippen LogP contribution in [-0.2, 0) is 24.0 Å². The van der Waals surface area contributed by atoms with Crippen LogP contribution < -0.4 is 10.9 Å². The molecule has 224 valence electrons. The highest BCUT2D eigenvalue weighted by Gasteiger charge is 2.30. The number of thiazole rings is 1. The first-order chi connectivity index (χ1) is 21.0. The molecule has 1 unspecified atom stereocenters. The van der Waals surface area contributed by atoms with Crippen molar-refractivity contribution in [1.29, 1.82) is 0 Å². The first-order valence-corrected chi connectivity index (χ1v) is 16.5. The highest BCUT2D eigenvalue weighted by Crippen LogP contribution is 2.32. The lowest BCUT2D eigenvalue weighted by molar-refractivity contribution is 0.0730. The molecule has 0 spiro atoms. The zero-order valence-electron chi connectivity index (χ0n) is 24.7. The smallest absolute Gasteiger partial charge is 0.265 e. The monoisotopic (exact) mass is 616 g/mol. The van der Waals surface area contributed by atoms with Crippen molar-refractivity contribution in [3.8, 4) is 27.5 Å². The molecule has 2 aromatic heterocycles. The molecule has 4 heterocycles. The standard InChI is InChI=1S/C34H37ClN4O3S/c1-3-22-7-5-8-23(4-2)31(22)39-30(19-26-9-6-18-42-26)27(33(40)38-16-14-36-15-17-38)20-28(34(39)41)32-37-29(21-43-32)24-10-12-25(35)13-11-24/h5,7-8,10-13,20-21,26,36H,3-4,6,9,14-19H2,1-2H3. The molecule has 1 atom stereocenters. The van der Waals surface area contributed by atoms with E-state index < -0.39 is 0 Å². The lowest BCUT2D eigenvalue weighted by Gasteiger charge is -2.30. The minimum absolute atomic E-state index is 0.0405. The van der Waals surface area contributed by atoms with Gasteiger partial charge in [-0.2, -0.15) is 0 Å². The van der Waals surface area contributed by atoms with E-state index in [0.29, 0.717) is 47.3 Å². The molecule has 0 saturated carbocycles. The third-order valence-corrected chi connectivity index (χ3v) is 9.57. The van der Waals surface area contributed by atoms with Gasteiger partial charge in [-0.1, -0.05) is 55.8 Å². The van der Waals surface area contributed by atoms with Gasteiger partial charge in [-0.25, -0.2) is 4.98 Å². The molecule has 1 N–H and O–H groups in total. The summed E-state index contributed by atoms with van der Waals surface area (Å²) in [6.45, 7) is 7.65. The number of hydrogen-bond acceptors (Lipinski definition) is 6. The minimum atomic E-state index is -0.155. The molecular formula is C34H37ClN4O3S. The van der Waals surface area contributed by atoms with Crippen molar-refractivity contribution in [3.05, 3.63) is 91.7 Å². The molecule has 1 amide bonds. The van der Waals surface area contributed by atoms with Crippen LogP contribution in [0.3, 0.4) is 0 Å². The van der Waals surface area contributed by atoms with Gasteiger partial charge in [0, 0.05) is 60.9 Å². The van der Waals surface area contributed by atoms with Gasteiger partial charge in [0.2, 0.25) is 0 Å². The Kier molecular flexibility index (Phi) is 9.09. The van der Waals surface area contributed by atoms with Gasteiger partial charge in [0.25, 0.3) is 11.5 Å². The quantitative estimate of drug-likeness (QED) is 0.256. The molecular weight excluding hydrogens is 580 g/mol. The average Bonchev–Trinajstić information content (AvgIpc) is 3.75. The van der Waals surface area contributed by atoms with E-state index in [1.54, 1.807) is 6.07 Å². The van der Waals surface area contributed by atoms with Gasteiger partial charge in [0.05, 0.1) is 28.6 Å². The third-order valence-electron chi connectivity index (χ3n) is 8.45. The van der Waals surface area contributed by atoms with E-state index in [-0.39, 0.29) is 17.6 Å². The van der Waals surface area contributed by atoms with E-state index in [9.17, 15) is 9.59 Å². The molecule has 0 radical (unpaired) electrons. The number of amides is 1. The first kappa shape index (κ1) is 29.8. The second-order valence-electron chi connectivity index (χ2n) is 11.1. The van der Waals surface area contributed by atoms with Gasteiger partial charge in [0.15, 0.2) is 0 Å². The van der Waals surface area contributed by atoms with Crippen molar-refractivity contribution < 1.29 is 9.53 Å². The number of para-hydroxylation sites is 1. The van der Waals surface area contributed by atoms with E-state index in [1.165, 1.54) is 11.3 Å². The highest BCUT2D eigenvalue weighted by atomic mass is 35.5. The number of aromatic nitrogens is 2. The predicted molar refractivity (Wildman–Crippen MR) is 174 cm³/mol. The third kappa shape index (κ3) is 6.07. The van der Waals surface area contributed by atoms with Gasteiger partial charge in [-0.15, -0.1) is 11.3 Å². The average molecular weight is 617 g/mol. The van der Waals surface area contributed by atoms with Crippen LogP contribution in [0.4, 0.5) is 0 Å². The Morgan fingerprint density at radius 3 is 2.47 bits per heavy atom. The molecule has 2 saturated heterocycles. The summed E-state index contributed by atoms with van der Waals surface area (Å²) in [5, 5.41) is 6.55. The van der Waals surface area contributed by atoms with Gasteiger partial charge in [-0.3, -0.25) is 14.2 Å². The Labute approximate surface area is 261 Å². The molecule has 4 aromatic rings. The fourth-order valence-electron chi connectivity index (χ4n) is 6.14. The Hall–Kier alpha value is -3.30.